The van der Waals surface area contributed by atoms with Gasteiger partial charge in [-0.15, -0.1) is 0 Å². The molecule has 0 atom stereocenters. The largest absolute Gasteiger partial charge is 0.346 e. The lowest BCUT2D eigenvalue weighted by atomic mass is 10.0. The first-order valence-electron chi connectivity index (χ1n) is 5.55. The van der Waals surface area contributed by atoms with Crippen LogP contribution in [0.4, 0.5) is 0 Å². The predicted molar refractivity (Wildman–Crippen MR) is 68.2 cm³/mol. The van der Waals surface area contributed by atoms with Crippen LogP contribution in [0, 0.1) is 13.8 Å². The van der Waals surface area contributed by atoms with Gasteiger partial charge in [-0.25, -0.2) is 0 Å². The minimum absolute atomic E-state index is 0.585. The molecule has 0 saturated carbocycles. The summed E-state index contributed by atoms with van der Waals surface area (Å²) in [5.41, 5.74) is 12.0. The summed E-state index contributed by atoms with van der Waals surface area (Å²) in [6.45, 7) is 4.86. The fourth-order valence-corrected chi connectivity index (χ4v) is 1.95. The molecule has 0 bridgehead atoms. The number of benzene rings is 1. The second kappa shape index (κ2) is 4.14. The Morgan fingerprint density at radius 3 is 2.38 bits per heavy atom. The summed E-state index contributed by atoms with van der Waals surface area (Å²) in [4.78, 5) is 0. The molecule has 1 aromatic carbocycles. The van der Waals surface area contributed by atoms with Gasteiger partial charge in [0.25, 0.3) is 0 Å². The van der Waals surface area contributed by atoms with Crippen LogP contribution in [0.1, 0.15) is 16.8 Å². The molecule has 1 aromatic heterocycles. The fourth-order valence-electron chi connectivity index (χ4n) is 1.95. The van der Waals surface area contributed by atoms with E-state index in [9.17, 15) is 0 Å². The molecule has 2 heteroatoms. The van der Waals surface area contributed by atoms with Crippen LogP contribution in [-0.2, 0) is 13.6 Å². The van der Waals surface area contributed by atoms with E-state index in [1.54, 1.807) is 0 Å². The van der Waals surface area contributed by atoms with Gasteiger partial charge in [0.1, 0.15) is 0 Å². The Hall–Kier alpha value is -1.54. The summed E-state index contributed by atoms with van der Waals surface area (Å²) >= 11 is 0. The number of hydrogen-bond donors (Lipinski definition) is 1. The normalized spacial score (nSPS) is 10.8. The Kier molecular flexibility index (Phi) is 2.84. The summed E-state index contributed by atoms with van der Waals surface area (Å²) in [7, 11) is 2.06. The van der Waals surface area contributed by atoms with Gasteiger partial charge >= 0.3 is 0 Å². The van der Waals surface area contributed by atoms with Gasteiger partial charge in [0.15, 0.2) is 0 Å². The Morgan fingerprint density at radius 1 is 1.06 bits per heavy atom. The molecule has 0 amide bonds. The molecular weight excluding hydrogens is 196 g/mol. The topological polar surface area (TPSA) is 30.9 Å². The zero-order chi connectivity index (χ0) is 11.7. The second-order valence-corrected chi connectivity index (χ2v) is 4.27. The van der Waals surface area contributed by atoms with E-state index in [1.165, 1.54) is 22.4 Å². The molecule has 0 aliphatic heterocycles. The van der Waals surface area contributed by atoms with Gasteiger partial charge in [-0.05, 0) is 48.7 Å². The van der Waals surface area contributed by atoms with Gasteiger partial charge in [0.2, 0.25) is 0 Å². The van der Waals surface area contributed by atoms with Crippen LogP contribution in [0.2, 0.25) is 0 Å². The maximum absolute atomic E-state index is 5.68. The van der Waals surface area contributed by atoms with Crippen molar-refractivity contribution in [3.05, 3.63) is 47.2 Å². The standard InChI is InChI=1S/C14H18N2/c1-10-4-5-12(8-11(10)2)14-7-6-13(9-15)16(14)3/h4-8H,9,15H2,1-3H3. The number of aromatic nitrogens is 1. The van der Waals surface area contributed by atoms with Crippen molar-refractivity contribution in [2.45, 2.75) is 20.4 Å². The number of nitrogens with two attached hydrogens (primary N) is 1. The Balaban J connectivity index is 2.50. The van der Waals surface area contributed by atoms with Crippen LogP contribution in [0.5, 0.6) is 0 Å². The van der Waals surface area contributed by atoms with Gasteiger partial charge in [0.05, 0.1) is 0 Å². The summed E-state index contributed by atoms with van der Waals surface area (Å²) in [6, 6.07) is 10.8. The molecule has 0 fully saturated rings. The summed E-state index contributed by atoms with van der Waals surface area (Å²) in [5, 5.41) is 0. The van der Waals surface area contributed by atoms with E-state index in [2.05, 4.69) is 55.8 Å². The number of nitrogens with zero attached hydrogens (tertiary/aromatic N) is 1. The molecule has 0 saturated heterocycles. The lowest BCUT2D eigenvalue weighted by molar-refractivity contribution is 0.831. The van der Waals surface area contributed by atoms with E-state index in [0.717, 1.165) is 5.69 Å². The maximum atomic E-state index is 5.68. The van der Waals surface area contributed by atoms with Crippen molar-refractivity contribution in [2.75, 3.05) is 0 Å². The Labute approximate surface area is 96.7 Å². The van der Waals surface area contributed by atoms with Crippen molar-refractivity contribution >= 4 is 0 Å². The number of hydrogen-bond acceptors (Lipinski definition) is 1. The second-order valence-electron chi connectivity index (χ2n) is 4.27. The third kappa shape index (κ3) is 1.76. The van der Waals surface area contributed by atoms with Gasteiger partial charge in [0, 0.05) is 25.0 Å². The van der Waals surface area contributed by atoms with Crippen LogP contribution in [0.25, 0.3) is 11.3 Å². The zero-order valence-corrected chi connectivity index (χ0v) is 10.1. The fraction of sp³-hybridized carbons (Fsp3) is 0.286. The molecule has 2 nitrogen and oxygen atoms in total. The predicted octanol–water partition coefficient (Wildman–Crippen LogP) is 2.77. The van der Waals surface area contributed by atoms with Crippen molar-refractivity contribution in [3.63, 3.8) is 0 Å². The summed E-state index contributed by atoms with van der Waals surface area (Å²) < 4.78 is 2.16. The highest BCUT2D eigenvalue weighted by atomic mass is 15.0. The zero-order valence-electron chi connectivity index (χ0n) is 10.1. The maximum Gasteiger partial charge on any atom is 0.0480 e. The lowest BCUT2D eigenvalue weighted by Gasteiger charge is -2.08. The minimum atomic E-state index is 0.585. The molecule has 0 unspecified atom stereocenters. The first-order valence-corrected chi connectivity index (χ1v) is 5.55. The van der Waals surface area contributed by atoms with Crippen LogP contribution >= 0.6 is 0 Å². The quantitative estimate of drug-likeness (QED) is 0.818. The van der Waals surface area contributed by atoms with E-state index in [4.69, 9.17) is 5.73 Å². The van der Waals surface area contributed by atoms with E-state index in [1.807, 2.05) is 0 Å². The molecule has 0 radical (unpaired) electrons. The minimum Gasteiger partial charge on any atom is -0.346 e. The average Bonchev–Trinajstić information content (AvgIpc) is 2.64. The van der Waals surface area contributed by atoms with E-state index in [-0.39, 0.29) is 0 Å². The van der Waals surface area contributed by atoms with Crippen LogP contribution < -0.4 is 5.73 Å². The molecule has 2 N–H and O–H groups in total. The van der Waals surface area contributed by atoms with Crippen molar-refractivity contribution in [1.29, 1.82) is 0 Å². The van der Waals surface area contributed by atoms with E-state index < -0.39 is 0 Å². The van der Waals surface area contributed by atoms with E-state index in [0.29, 0.717) is 6.54 Å². The molecule has 2 aromatic rings. The molecule has 2 rings (SSSR count). The molecule has 0 spiro atoms. The first kappa shape index (κ1) is 11.0. The summed E-state index contributed by atoms with van der Waals surface area (Å²) in [6.07, 6.45) is 0. The highest BCUT2D eigenvalue weighted by Crippen LogP contribution is 2.23. The highest BCUT2D eigenvalue weighted by Gasteiger charge is 2.06. The van der Waals surface area contributed by atoms with Gasteiger partial charge in [-0.2, -0.15) is 0 Å². The first-order chi connectivity index (χ1) is 7.63. The summed E-state index contributed by atoms with van der Waals surface area (Å²) in [5.74, 6) is 0. The van der Waals surface area contributed by atoms with E-state index >= 15 is 0 Å². The van der Waals surface area contributed by atoms with Crippen LogP contribution in [0.15, 0.2) is 30.3 Å². The number of aryl methyl sites for hydroxylation is 2. The van der Waals surface area contributed by atoms with Crippen molar-refractivity contribution in [1.82, 2.24) is 4.57 Å². The molecule has 0 aliphatic carbocycles. The third-order valence-electron chi connectivity index (χ3n) is 3.24. The van der Waals surface area contributed by atoms with Crippen molar-refractivity contribution in [2.24, 2.45) is 12.8 Å². The monoisotopic (exact) mass is 214 g/mol. The van der Waals surface area contributed by atoms with Gasteiger partial charge < -0.3 is 10.3 Å². The lowest BCUT2D eigenvalue weighted by Crippen LogP contribution is -2.04. The van der Waals surface area contributed by atoms with Crippen LogP contribution in [-0.4, -0.2) is 4.57 Å². The smallest absolute Gasteiger partial charge is 0.0480 e. The molecule has 1 heterocycles. The molecule has 0 aliphatic rings. The van der Waals surface area contributed by atoms with Crippen molar-refractivity contribution < 1.29 is 0 Å². The molecular formula is C14H18N2. The Morgan fingerprint density at radius 2 is 1.81 bits per heavy atom. The average molecular weight is 214 g/mol. The number of rotatable bonds is 2. The van der Waals surface area contributed by atoms with Gasteiger partial charge in [-0.1, -0.05) is 12.1 Å². The Bertz CT molecular complexity index is 509. The molecule has 84 valence electrons. The third-order valence-corrected chi connectivity index (χ3v) is 3.24. The van der Waals surface area contributed by atoms with Crippen molar-refractivity contribution in [3.8, 4) is 11.3 Å². The molecule has 16 heavy (non-hydrogen) atoms. The van der Waals surface area contributed by atoms with Crippen LogP contribution in [0.3, 0.4) is 0 Å². The SMILES string of the molecule is Cc1ccc(-c2ccc(CN)n2C)cc1C. The highest BCUT2D eigenvalue weighted by molar-refractivity contribution is 5.62. The van der Waals surface area contributed by atoms with Gasteiger partial charge in [-0.3, -0.25) is 0 Å².